The molecule has 0 unspecified atom stereocenters. The second-order valence-corrected chi connectivity index (χ2v) is 4.60. The van der Waals surface area contributed by atoms with Gasteiger partial charge in [0.05, 0.1) is 4.47 Å². The average Bonchev–Trinajstić information content (AvgIpc) is 2.62. The van der Waals surface area contributed by atoms with Gasteiger partial charge in [-0.25, -0.2) is 0 Å². The van der Waals surface area contributed by atoms with Crippen LogP contribution in [0.1, 0.15) is 6.42 Å². The predicted octanol–water partition coefficient (Wildman–Crippen LogP) is 2.84. The van der Waals surface area contributed by atoms with Gasteiger partial charge in [0.2, 0.25) is 0 Å². The van der Waals surface area contributed by atoms with E-state index < -0.39 is 0 Å². The fraction of sp³-hybridized carbons (Fsp3) is 0.400. The maximum atomic E-state index is 5.84. The largest absolute Gasteiger partial charge is 0.488 e. The van der Waals surface area contributed by atoms with Gasteiger partial charge in [-0.05, 0) is 47.1 Å². The van der Waals surface area contributed by atoms with Crippen LogP contribution in [-0.4, -0.2) is 19.2 Å². The minimum Gasteiger partial charge on any atom is -0.488 e. The summed E-state index contributed by atoms with van der Waals surface area (Å²) in [5.74, 6) is 0.864. The van der Waals surface area contributed by atoms with Gasteiger partial charge in [-0.1, -0.05) is 11.6 Å². The monoisotopic (exact) mass is 275 g/mol. The Kier molecular flexibility index (Phi) is 3.31. The fourth-order valence-corrected chi connectivity index (χ4v) is 2.26. The highest BCUT2D eigenvalue weighted by molar-refractivity contribution is 9.10. The van der Waals surface area contributed by atoms with E-state index in [1.807, 2.05) is 18.2 Å². The van der Waals surface area contributed by atoms with Gasteiger partial charge in [0.25, 0.3) is 0 Å². The zero-order valence-electron chi connectivity index (χ0n) is 7.59. The topological polar surface area (TPSA) is 21.3 Å². The second kappa shape index (κ2) is 4.51. The number of benzene rings is 1. The Hall–Kier alpha value is -0.250. The third-order valence-electron chi connectivity index (χ3n) is 2.20. The van der Waals surface area contributed by atoms with Gasteiger partial charge in [0.1, 0.15) is 11.9 Å². The van der Waals surface area contributed by atoms with Crippen LogP contribution in [0.25, 0.3) is 0 Å². The van der Waals surface area contributed by atoms with E-state index in [9.17, 15) is 0 Å². The molecule has 2 rings (SSSR count). The summed E-state index contributed by atoms with van der Waals surface area (Å²) in [5, 5.41) is 3.97. The van der Waals surface area contributed by atoms with Crippen LogP contribution in [-0.2, 0) is 0 Å². The van der Waals surface area contributed by atoms with Crippen LogP contribution in [0.4, 0.5) is 0 Å². The number of rotatable bonds is 2. The normalized spacial score (nSPS) is 21.1. The summed E-state index contributed by atoms with van der Waals surface area (Å²) in [4.78, 5) is 0. The van der Waals surface area contributed by atoms with Gasteiger partial charge in [-0.2, -0.15) is 0 Å². The highest BCUT2D eigenvalue weighted by Crippen LogP contribution is 2.29. The minimum atomic E-state index is 0.285. The van der Waals surface area contributed by atoms with Crippen molar-refractivity contribution in [3.05, 3.63) is 27.7 Å². The average molecular weight is 277 g/mol. The van der Waals surface area contributed by atoms with Crippen LogP contribution in [0.3, 0.4) is 0 Å². The first-order chi connectivity index (χ1) is 6.75. The maximum absolute atomic E-state index is 5.84. The smallest absolute Gasteiger partial charge is 0.134 e. The van der Waals surface area contributed by atoms with E-state index in [0.717, 1.165) is 29.7 Å². The molecular weight excluding hydrogens is 265 g/mol. The van der Waals surface area contributed by atoms with Crippen molar-refractivity contribution < 1.29 is 4.74 Å². The summed E-state index contributed by atoms with van der Waals surface area (Å²) >= 11 is 9.26. The predicted molar refractivity (Wildman–Crippen MR) is 61.1 cm³/mol. The van der Waals surface area contributed by atoms with Gasteiger partial charge in [-0.3, -0.25) is 0 Å². The Morgan fingerprint density at radius 1 is 1.50 bits per heavy atom. The molecule has 1 fully saturated rings. The molecule has 0 aliphatic carbocycles. The van der Waals surface area contributed by atoms with E-state index in [2.05, 4.69) is 21.2 Å². The zero-order chi connectivity index (χ0) is 9.97. The van der Waals surface area contributed by atoms with Crippen LogP contribution >= 0.6 is 27.5 Å². The summed E-state index contributed by atoms with van der Waals surface area (Å²) in [6.45, 7) is 1.96. The molecule has 0 saturated carbocycles. The lowest BCUT2D eigenvalue weighted by Crippen LogP contribution is -2.19. The molecule has 0 aromatic heterocycles. The molecule has 0 radical (unpaired) electrons. The fourth-order valence-electron chi connectivity index (χ4n) is 1.48. The molecule has 1 aromatic rings. The van der Waals surface area contributed by atoms with E-state index >= 15 is 0 Å². The van der Waals surface area contributed by atoms with Crippen molar-refractivity contribution in [2.24, 2.45) is 0 Å². The Morgan fingerprint density at radius 3 is 3.00 bits per heavy atom. The van der Waals surface area contributed by atoms with Gasteiger partial charge in [-0.15, -0.1) is 0 Å². The van der Waals surface area contributed by atoms with Crippen molar-refractivity contribution in [3.63, 3.8) is 0 Å². The Balaban J connectivity index is 2.08. The first-order valence-corrected chi connectivity index (χ1v) is 5.75. The van der Waals surface area contributed by atoms with Crippen LogP contribution in [0.5, 0.6) is 5.75 Å². The highest BCUT2D eigenvalue weighted by atomic mass is 79.9. The molecule has 0 spiro atoms. The molecule has 1 aromatic carbocycles. The zero-order valence-corrected chi connectivity index (χ0v) is 9.94. The van der Waals surface area contributed by atoms with E-state index in [0.29, 0.717) is 5.02 Å². The molecule has 1 aliphatic rings. The summed E-state index contributed by atoms with van der Waals surface area (Å²) < 4.78 is 6.71. The van der Waals surface area contributed by atoms with Crippen LogP contribution in [0.2, 0.25) is 5.02 Å². The van der Waals surface area contributed by atoms with E-state index in [1.54, 1.807) is 0 Å². The third kappa shape index (κ3) is 2.41. The molecule has 1 atom stereocenters. The van der Waals surface area contributed by atoms with Gasteiger partial charge >= 0.3 is 0 Å². The lowest BCUT2D eigenvalue weighted by Gasteiger charge is -2.13. The molecule has 14 heavy (non-hydrogen) atoms. The van der Waals surface area contributed by atoms with Crippen molar-refractivity contribution in [1.82, 2.24) is 5.32 Å². The maximum Gasteiger partial charge on any atom is 0.134 e. The molecule has 1 heterocycles. The molecule has 76 valence electrons. The Bertz CT molecular complexity index is 326. The van der Waals surface area contributed by atoms with E-state index in [1.165, 1.54) is 0 Å². The van der Waals surface area contributed by atoms with Gasteiger partial charge in [0, 0.05) is 11.6 Å². The summed E-state index contributed by atoms with van der Waals surface area (Å²) in [6.07, 6.45) is 1.35. The van der Waals surface area contributed by atoms with Crippen LogP contribution < -0.4 is 10.1 Å². The minimum absolute atomic E-state index is 0.285. The summed E-state index contributed by atoms with van der Waals surface area (Å²) in [7, 11) is 0. The van der Waals surface area contributed by atoms with Crippen molar-refractivity contribution in [3.8, 4) is 5.75 Å². The molecule has 0 bridgehead atoms. The van der Waals surface area contributed by atoms with Gasteiger partial charge < -0.3 is 10.1 Å². The number of ether oxygens (including phenoxy) is 1. The molecule has 0 amide bonds. The Labute approximate surface area is 96.7 Å². The quantitative estimate of drug-likeness (QED) is 0.897. The second-order valence-electron chi connectivity index (χ2n) is 3.31. The summed E-state index contributed by atoms with van der Waals surface area (Å²) in [5.41, 5.74) is 0. The first-order valence-electron chi connectivity index (χ1n) is 4.58. The number of halogens is 2. The number of nitrogens with one attached hydrogen (secondary N) is 1. The molecule has 2 nitrogen and oxygen atoms in total. The van der Waals surface area contributed by atoms with Gasteiger partial charge in [0.15, 0.2) is 0 Å². The lowest BCUT2D eigenvalue weighted by atomic mass is 10.3. The van der Waals surface area contributed by atoms with Crippen molar-refractivity contribution >= 4 is 27.5 Å². The summed E-state index contributed by atoms with van der Waals surface area (Å²) in [6, 6.07) is 5.58. The highest BCUT2D eigenvalue weighted by Gasteiger charge is 2.16. The van der Waals surface area contributed by atoms with Crippen molar-refractivity contribution in [1.29, 1.82) is 0 Å². The SMILES string of the molecule is Clc1ccc(O[C@@H]2CCNC2)c(Br)c1. The molecule has 1 aliphatic heterocycles. The first kappa shape index (κ1) is 10.3. The van der Waals surface area contributed by atoms with Crippen molar-refractivity contribution in [2.75, 3.05) is 13.1 Å². The van der Waals surface area contributed by atoms with E-state index in [4.69, 9.17) is 16.3 Å². The van der Waals surface area contributed by atoms with Crippen LogP contribution in [0.15, 0.2) is 22.7 Å². The number of hydrogen-bond acceptors (Lipinski definition) is 2. The van der Waals surface area contributed by atoms with Crippen LogP contribution in [0, 0.1) is 0 Å². The van der Waals surface area contributed by atoms with Crippen molar-refractivity contribution in [2.45, 2.75) is 12.5 Å². The van der Waals surface area contributed by atoms with E-state index in [-0.39, 0.29) is 6.10 Å². The third-order valence-corrected chi connectivity index (χ3v) is 3.06. The molecule has 4 heteroatoms. The molecule has 1 saturated heterocycles. The lowest BCUT2D eigenvalue weighted by molar-refractivity contribution is 0.221. The standard InChI is InChI=1S/C10H11BrClNO/c11-9-5-7(12)1-2-10(9)14-8-3-4-13-6-8/h1-2,5,8,13H,3-4,6H2/t8-/m1/s1. The molecular formula is C10H11BrClNO. The Morgan fingerprint density at radius 2 is 2.36 bits per heavy atom. The molecule has 1 N–H and O–H groups in total. The number of hydrogen-bond donors (Lipinski definition) is 1.